The van der Waals surface area contributed by atoms with E-state index in [0.29, 0.717) is 0 Å². The quantitative estimate of drug-likeness (QED) is 0.592. The van der Waals surface area contributed by atoms with Crippen LogP contribution in [0, 0.1) is 13.8 Å². The van der Waals surface area contributed by atoms with Gasteiger partial charge in [0.25, 0.3) is 0 Å². The molecule has 4 rings (SSSR count). The number of hydrogen-bond donors (Lipinski definition) is 0. The number of benzene rings is 3. The Balaban J connectivity index is 1.95. The molecule has 3 aromatic carbocycles. The summed E-state index contributed by atoms with van der Waals surface area (Å²) >= 11 is 0. The van der Waals surface area contributed by atoms with Crippen molar-refractivity contribution < 1.29 is 4.52 Å². The lowest BCUT2D eigenvalue weighted by Crippen LogP contribution is -2.23. The lowest BCUT2D eigenvalue weighted by molar-refractivity contribution is 0.629. The van der Waals surface area contributed by atoms with Crippen molar-refractivity contribution in [2.45, 2.75) is 13.8 Å². The monoisotopic (exact) mass is 304 g/mol. The molecule has 1 aliphatic heterocycles. The minimum Gasteiger partial charge on any atom is -0.464 e. The van der Waals surface area contributed by atoms with Crippen LogP contribution in [0.1, 0.15) is 11.1 Å². The van der Waals surface area contributed by atoms with E-state index in [1.54, 1.807) is 0 Å². The molecule has 0 aliphatic carbocycles. The molecule has 0 N–H and O–H groups in total. The molecule has 0 fully saturated rings. The van der Waals surface area contributed by atoms with Crippen LogP contribution < -0.4 is 15.1 Å². The topological polar surface area (TPSA) is 9.23 Å². The van der Waals surface area contributed by atoms with Crippen molar-refractivity contribution >= 4 is 18.8 Å². The van der Waals surface area contributed by atoms with Crippen LogP contribution in [0.25, 0.3) is 11.1 Å². The average molecular weight is 304 g/mol. The Morgan fingerprint density at radius 1 is 0.727 bits per heavy atom. The number of fused-ring (bicyclic) bond motifs is 3. The minimum absolute atomic E-state index is 0.806. The summed E-state index contributed by atoms with van der Waals surface area (Å²) in [5, 5.41) is 2.63. The molecule has 1 atom stereocenters. The maximum absolute atomic E-state index is 6.45. The first-order chi connectivity index (χ1) is 10.7. The van der Waals surface area contributed by atoms with Gasteiger partial charge in [0.1, 0.15) is 5.75 Å². The van der Waals surface area contributed by atoms with Crippen molar-refractivity contribution in [3.63, 3.8) is 0 Å². The lowest BCUT2D eigenvalue weighted by atomic mass is 10.0. The first-order valence-electron chi connectivity index (χ1n) is 7.48. The average Bonchev–Trinajstić information content (AvgIpc) is 2.56. The number of para-hydroxylation sites is 1. The van der Waals surface area contributed by atoms with E-state index in [2.05, 4.69) is 74.5 Å². The number of rotatable bonds is 1. The number of hydrogen-bond acceptors (Lipinski definition) is 1. The highest BCUT2D eigenvalue weighted by molar-refractivity contribution is 7.69. The summed E-state index contributed by atoms with van der Waals surface area (Å²) in [4.78, 5) is 0. The molecule has 0 radical (unpaired) electrons. The van der Waals surface area contributed by atoms with Gasteiger partial charge in [0, 0.05) is 16.2 Å². The van der Waals surface area contributed by atoms with Crippen LogP contribution in [0.5, 0.6) is 5.75 Å². The predicted octanol–water partition coefficient (Wildman–Crippen LogP) is 4.71. The molecule has 1 heterocycles. The van der Waals surface area contributed by atoms with E-state index in [-0.39, 0.29) is 0 Å². The molecule has 0 spiro atoms. The largest absolute Gasteiger partial charge is 0.464 e. The summed E-state index contributed by atoms with van der Waals surface area (Å²) < 4.78 is 6.45. The molecule has 0 saturated carbocycles. The highest BCUT2D eigenvalue weighted by atomic mass is 31.1. The molecular formula is C20H17OP. The predicted molar refractivity (Wildman–Crippen MR) is 94.6 cm³/mol. The van der Waals surface area contributed by atoms with Gasteiger partial charge in [0.15, 0.2) is 8.15 Å². The van der Waals surface area contributed by atoms with Crippen molar-refractivity contribution in [1.82, 2.24) is 0 Å². The molecule has 1 nitrogen and oxygen atoms in total. The molecule has 1 unspecified atom stereocenters. The van der Waals surface area contributed by atoms with E-state index in [9.17, 15) is 0 Å². The maximum atomic E-state index is 6.45. The van der Waals surface area contributed by atoms with Crippen molar-refractivity contribution in [2.24, 2.45) is 0 Å². The van der Waals surface area contributed by atoms with E-state index in [0.717, 1.165) is 5.75 Å². The van der Waals surface area contributed by atoms with E-state index in [1.165, 1.54) is 32.9 Å². The van der Waals surface area contributed by atoms with Crippen LogP contribution in [0.2, 0.25) is 0 Å². The second-order valence-corrected chi connectivity index (χ2v) is 7.42. The second kappa shape index (κ2) is 5.26. The Bertz CT molecular complexity index is 854. The van der Waals surface area contributed by atoms with Crippen molar-refractivity contribution in [3.05, 3.63) is 77.9 Å². The second-order valence-electron chi connectivity index (χ2n) is 5.69. The third kappa shape index (κ3) is 2.14. The molecule has 3 aromatic rings. The van der Waals surface area contributed by atoms with Gasteiger partial charge < -0.3 is 4.52 Å². The SMILES string of the molecule is Cc1ccc(C)c(P2Oc3ccccc3-c3ccccc32)c1. The summed E-state index contributed by atoms with van der Waals surface area (Å²) in [5.74, 6) is 0.994. The van der Waals surface area contributed by atoms with Gasteiger partial charge in [-0.1, -0.05) is 60.2 Å². The van der Waals surface area contributed by atoms with Crippen LogP contribution in [0.4, 0.5) is 0 Å². The molecular weight excluding hydrogens is 287 g/mol. The fourth-order valence-corrected chi connectivity index (χ4v) is 5.08. The summed E-state index contributed by atoms with van der Waals surface area (Å²) in [6.07, 6.45) is 0. The van der Waals surface area contributed by atoms with Crippen LogP contribution in [0.15, 0.2) is 66.7 Å². The van der Waals surface area contributed by atoms with Gasteiger partial charge in [-0.2, -0.15) is 0 Å². The highest BCUT2D eigenvalue weighted by Crippen LogP contribution is 2.48. The Hall–Kier alpha value is -2.11. The van der Waals surface area contributed by atoms with Gasteiger partial charge in [0.2, 0.25) is 0 Å². The van der Waals surface area contributed by atoms with Gasteiger partial charge in [-0.15, -0.1) is 0 Å². The standard InChI is InChI=1S/C20H17OP/c1-14-11-12-15(2)20(13-14)22-19-10-6-4-8-17(19)16-7-3-5-9-18(16)21-22/h3-13H,1-2H3. The fourth-order valence-electron chi connectivity index (χ4n) is 2.91. The van der Waals surface area contributed by atoms with Gasteiger partial charge in [0.05, 0.1) is 0 Å². The normalized spacial score (nSPS) is 15.6. The van der Waals surface area contributed by atoms with Crippen LogP contribution >= 0.6 is 8.15 Å². The molecule has 0 aromatic heterocycles. The Kier molecular flexibility index (Phi) is 3.24. The molecule has 0 amide bonds. The molecule has 2 heteroatoms. The first-order valence-corrected chi connectivity index (χ1v) is 8.74. The Morgan fingerprint density at radius 2 is 1.45 bits per heavy atom. The maximum Gasteiger partial charge on any atom is 0.151 e. The third-order valence-corrected chi connectivity index (χ3v) is 6.20. The molecule has 22 heavy (non-hydrogen) atoms. The summed E-state index contributed by atoms with van der Waals surface area (Å²) in [6, 6.07) is 23.6. The van der Waals surface area contributed by atoms with Gasteiger partial charge in [-0.3, -0.25) is 0 Å². The fraction of sp³-hybridized carbons (Fsp3) is 0.100. The number of aryl methyl sites for hydroxylation is 2. The third-order valence-electron chi connectivity index (χ3n) is 4.07. The van der Waals surface area contributed by atoms with E-state index < -0.39 is 8.15 Å². The summed E-state index contributed by atoms with van der Waals surface area (Å²) in [7, 11) is -0.806. The molecule has 0 saturated heterocycles. The zero-order chi connectivity index (χ0) is 15.1. The zero-order valence-corrected chi connectivity index (χ0v) is 13.6. The van der Waals surface area contributed by atoms with E-state index in [4.69, 9.17) is 4.52 Å². The molecule has 108 valence electrons. The van der Waals surface area contributed by atoms with Crippen molar-refractivity contribution in [3.8, 4) is 16.9 Å². The highest BCUT2D eigenvalue weighted by Gasteiger charge is 2.28. The Labute approximate surface area is 132 Å². The van der Waals surface area contributed by atoms with Crippen LogP contribution in [-0.4, -0.2) is 0 Å². The smallest absolute Gasteiger partial charge is 0.151 e. The van der Waals surface area contributed by atoms with Gasteiger partial charge >= 0.3 is 0 Å². The van der Waals surface area contributed by atoms with Gasteiger partial charge in [-0.25, -0.2) is 0 Å². The van der Waals surface area contributed by atoms with Crippen LogP contribution in [0.3, 0.4) is 0 Å². The molecule has 1 aliphatic rings. The van der Waals surface area contributed by atoms with E-state index in [1.807, 2.05) is 6.07 Å². The lowest BCUT2D eigenvalue weighted by Gasteiger charge is -2.29. The van der Waals surface area contributed by atoms with E-state index >= 15 is 0 Å². The zero-order valence-electron chi connectivity index (χ0n) is 12.7. The molecule has 0 bridgehead atoms. The minimum atomic E-state index is -0.806. The summed E-state index contributed by atoms with van der Waals surface area (Å²) in [5.41, 5.74) is 5.08. The van der Waals surface area contributed by atoms with Crippen molar-refractivity contribution in [1.29, 1.82) is 0 Å². The van der Waals surface area contributed by atoms with Crippen molar-refractivity contribution in [2.75, 3.05) is 0 Å². The van der Waals surface area contributed by atoms with Crippen LogP contribution in [-0.2, 0) is 0 Å². The summed E-state index contributed by atoms with van der Waals surface area (Å²) in [6.45, 7) is 4.31. The first kappa shape index (κ1) is 13.5. The Morgan fingerprint density at radius 3 is 2.32 bits per heavy atom. The van der Waals surface area contributed by atoms with Gasteiger partial charge in [-0.05, 0) is 37.1 Å².